The Kier molecular flexibility index (Phi) is 7.43. The molecule has 0 aliphatic heterocycles. The zero-order valence-corrected chi connectivity index (χ0v) is 13.6. The molecular formula is C17H24O5. The normalized spacial score (nSPS) is 11.9. The number of esters is 2. The van der Waals surface area contributed by atoms with E-state index in [2.05, 4.69) is 0 Å². The minimum absolute atomic E-state index is 0.0111. The Morgan fingerprint density at radius 2 is 1.64 bits per heavy atom. The number of carbonyl (C=O) groups excluding carboxylic acids is 2. The second-order valence-corrected chi connectivity index (χ2v) is 5.31. The second-order valence-electron chi connectivity index (χ2n) is 5.31. The Bertz CT molecular complexity index is 496. The maximum Gasteiger partial charge on any atom is 0.311 e. The summed E-state index contributed by atoms with van der Waals surface area (Å²) < 4.78 is 15.6. The van der Waals surface area contributed by atoms with Gasteiger partial charge < -0.3 is 14.2 Å². The molecule has 0 N–H and O–H groups in total. The third-order valence-electron chi connectivity index (χ3n) is 3.25. The van der Waals surface area contributed by atoms with Gasteiger partial charge in [-0.25, -0.2) is 0 Å². The number of rotatable bonds is 8. The van der Waals surface area contributed by atoms with Crippen LogP contribution in [0.1, 0.15) is 40.0 Å². The van der Waals surface area contributed by atoms with Crippen LogP contribution in [0.3, 0.4) is 0 Å². The zero-order chi connectivity index (χ0) is 16.5. The minimum Gasteiger partial charge on any atom is -0.493 e. The van der Waals surface area contributed by atoms with E-state index in [0.29, 0.717) is 11.5 Å². The largest absolute Gasteiger partial charge is 0.493 e. The molecule has 22 heavy (non-hydrogen) atoms. The molecule has 0 fully saturated rings. The monoisotopic (exact) mass is 308 g/mol. The summed E-state index contributed by atoms with van der Waals surface area (Å²) in [5, 5.41) is 0. The molecule has 0 aromatic heterocycles. The van der Waals surface area contributed by atoms with E-state index in [-0.39, 0.29) is 30.8 Å². The van der Waals surface area contributed by atoms with Crippen molar-refractivity contribution >= 4 is 11.9 Å². The molecule has 0 aliphatic rings. The molecule has 0 bridgehead atoms. The van der Waals surface area contributed by atoms with Crippen LogP contribution < -0.4 is 9.47 Å². The molecule has 0 radical (unpaired) electrons. The van der Waals surface area contributed by atoms with E-state index in [1.165, 1.54) is 7.11 Å². The van der Waals surface area contributed by atoms with Gasteiger partial charge in [0.2, 0.25) is 0 Å². The summed E-state index contributed by atoms with van der Waals surface area (Å²) in [6, 6.07) is 6.87. The van der Waals surface area contributed by atoms with E-state index >= 15 is 0 Å². The van der Waals surface area contributed by atoms with Crippen LogP contribution in [0, 0.1) is 5.92 Å². The molecule has 5 nitrogen and oxygen atoms in total. The highest BCUT2D eigenvalue weighted by Crippen LogP contribution is 2.26. The number of hydrogen-bond acceptors (Lipinski definition) is 5. The van der Waals surface area contributed by atoms with Gasteiger partial charge in [0, 0.05) is 0 Å². The summed E-state index contributed by atoms with van der Waals surface area (Å²) in [6.07, 6.45) is 0.634. The van der Waals surface area contributed by atoms with E-state index in [4.69, 9.17) is 14.2 Å². The van der Waals surface area contributed by atoms with Gasteiger partial charge in [-0.1, -0.05) is 32.9 Å². The number of carbonyl (C=O) groups is 2. The number of para-hydroxylation sites is 2. The second kappa shape index (κ2) is 9.07. The Labute approximate surface area is 131 Å². The number of benzene rings is 1. The fourth-order valence-electron chi connectivity index (χ4n) is 2.00. The van der Waals surface area contributed by atoms with E-state index < -0.39 is 5.97 Å². The first-order valence-electron chi connectivity index (χ1n) is 7.51. The first-order chi connectivity index (χ1) is 10.5. The van der Waals surface area contributed by atoms with Gasteiger partial charge in [-0.2, -0.15) is 0 Å². The molecule has 0 heterocycles. The van der Waals surface area contributed by atoms with Crippen molar-refractivity contribution in [3.8, 4) is 11.5 Å². The average Bonchev–Trinajstić information content (AvgIpc) is 2.50. The van der Waals surface area contributed by atoms with Crippen LogP contribution in [-0.2, 0) is 14.3 Å². The van der Waals surface area contributed by atoms with Crippen molar-refractivity contribution in [2.75, 3.05) is 7.11 Å². The molecule has 0 spiro atoms. The zero-order valence-electron chi connectivity index (χ0n) is 13.6. The Hall–Kier alpha value is -2.04. The van der Waals surface area contributed by atoms with E-state index in [0.717, 1.165) is 6.42 Å². The Balaban J connectivity index is 2.44. The van der Waals surface area contributed by atoms with Gasteiger partial charge in [-0.05, 0) is 24.5 Å². The molecular weight excluding hydrogens is 284 g/mol. The molecule has 1 unspecified atom stereocenters. The highest BCUT2D eigenvalue weighted by Gasteiger charge is 2.18. The fourth-order valence-corrected chi connectivity index (χ4v) is 2.00. The molecule has 1 aromatic rings. The van der Waals surface area contributed by atoms with Gasteiger partial charge in [0.15, 0.2) is 11.5 Å². The Morgan fingerprint density at radius 1 is 1.05 bits per heavy atom. The van der Waals surface area contributed by atoms with Crippen molar-refractivity contribution in [1.82, 2.24) is 0 Å². The lowest BCUT2D eigenvalue weighted by atomic mass is 10.1. The molecule has 122 valence electrons. The van der Waals surface area contributed by atoms with E-state index in [1.54, 1.807) is 24.3 Å². The molecule has 1 atom stereocenters. The summed E-state index contributed by atoms with van der Waals surface area (Å²) in [6.45, 7) is 5.96. The predicted molar refractivity (Wildman–Crippen MR) is 82.9 cm³/mol. The van der Waals surface area contributed by atoms with Crippen LogP contribution >= 0.6 is 0 Å². The molecule has 1 rings (SSSR count). The summed E-state index contributed by atoms with van der Waals surface area (Å²) in [4.78, 5) is 23.5. The number of hydrogen-bond donors (Lipinski definition) is 0. The quantitative estimate of drug-likeness (QED) is 0.544. The molecule has 0 saturated heterocycles. The van der Waals surface area contributed by atoms with Gasteiger partial charge >= 0.3 is 11.9 Å². The lowest BCUT2D eigenvalue weighted by molar-refractivity contribution is -0.153. The van der Waals surface area contributed by atoms with Crippen LogP contribution in [0.5, 0.6) is 11.5 Å². The molecule has 0 amide bonds. The summed E-state index contributed by atoms with van der Waals surface area (Å²) >= 11 is 0. The van der Waals surface area contributed by atoms with Gasteiger partial charge in [0.25, 0.3) is 0 Å². The smallest absolute Gasteiger partial charge is 0.311 e. The maximum absolute atomic E-state index is 11.8. The average molecular weight is 308 g/mol. The lowest BCUT2D eigenvalue weighted by Gasteiger charge is -2.19. The van der Waals surface area contributed by atoms with Gasteiger partial charge in [0.1, 0.15) is 6.10 Å². The van der Waals surface area contributed by atoms with Gasteiger partial charge in [0.05, 0.1) is 20.0 Å². The van der Waals surface area contributed by atoms with Gasteiger partial charge in [-0.3, -0.25) is 9.59 Å². The highest BCUT2D eigenvalue weighted by molar-refractivity contribution is 5.79. The highest BCUT2D eigenvalue weighted by atomic mass is 16.6. The summed E-state index contributed by atoms with van der Waals surface area (Å²) in [7, 11) is 1.50. The molecule has 0 aliphatic carbocycles. The first-order valence-corrected chi connectivity index (χ1v) is 7.51. The molecule has 5 heteroatoms. The summed E-state index contributed by atoms with van der Waals surface area (Å²) in [5.74, 6) is 0.215. The Morgan fingerprint density at radius 3 is 2.18 bits per heavy atom. The van der Waals surface area contributed by atoms with Crippen molar-refractivity contribution < 1.29 is 23.8 Å². The van der Waals surface area contributed by atoms with E-state index in [1.807, 2.05) is 20.8 Å². The first kappa shape index (κ1) is 18.0. The van der Waals surface area contributed by atoms with Gasteiger partial charge in [-0.15, -0.1) is 0 Å². The van der Waals surface area contributed by atoms with Crippen LogP contribution in [0.25, 0.3) is 0 Å². The van der Waals surface area contributed by atoms with Crippen molar-refractivity contribution in [3.63, 3.8) is 0 Å². The van der Waals surface area contributed by atoms with Crippen LogP contribution in [-0.4, -0.2) is 25.2 Å². The topological polar surface area (TPSA) is 61.8 Å². The third kappa shape index (κ3) is 5.76. The summed E-state index contributed by atoms with van der Waals surface area (Å²) in [5.41, 5.74) is 0. The fraction of sp³-hybridized carbons (Fsp3) is 0.529. The standard InChI is InChI=1S/C17H24O5/c1-5-13(12(2)3)21-16(18)10-11-17(19)22-15-9-7-6-8-14(15)20-4/h6-9,12-13H,5,10-11H2,1-4H3. The van der Waals surface area contributed by atoms with Crippen LogP contribution in [0.2, 0.25) is 0 Å². The molecule has 0 saturated carbocycles. The van der Waals surface area contributed by atoms with E-state index in [9.17, 15) is 9.59 Å². The maximum atomic E-state index is 11.8. The molecule has 1 aromatic carbocycles. The van der Waals surface area contributed by atoms with Crippen molar-refractivity contribution in [3.05, 3.63) is 24.3 Å². The van der Waals surface area contributed by atoms with Crippen molar-refractivity contribution in [1.29, 1.82) is 0 Å². The lowest BCUT2D eigenvalue weighted by Crippen LogP contribution is -2.23. The van der Waals surface area contributed by atoms with Crippen LogP contribution in [0.15, 0.2) is 24.3 Å². The third-order valence-corrected chi connectivity index (χ3v) is 3.25. The SMILES string of the molecule is CCC(OC(=O)CCC(=O)Oc1ccccc1OC)C(C)C. The van der Waals surface area contributed by atoms with Crippen molar-refractivity contribution in [2.45, 2.75) is 46.1 Å². The van der Waals surface area contributed by atoms with Crippen LogP contribution in [0.4, 0.5) is 0 Å². The van der Waals surface area contributed by atoms with Crippen molar-refractivity contribution in [2.24, 2.45) is 5.92 Å². The predicted octanol–water partition coefficient (Wildman–Crippen LogP) is 3.36. The minimum atomic E-state index is -0.487. The number of methoxy groups -OCH3 is 1. The number of ether oxygens (including phenoxy) is 3.